The molecule has 0 unspecified atom stereocenters. The second-order valence-electron chi connectivity index (χ2n) is 7.64. The normalized spacial score (nSPS) is 13.2. The Labute approximate surface area is 180 Å². The van der Waals surface area contributed by atoms with E-state index in [4.69, 9.17) is 4.74 Å². The van der Waals surface area contributed by atoms with E-state index in [1.165, 1.54) is 19.2 Å². The third kappa shape index (κ3) is 4.10. The SMILES string of the molecule is CN(C(=O)OCC1c2ccccc2-c2ccccc21)[C@@H](Cc1ccc(O)cc1)C(=O)O. The van der Waals surface area contributed by atoms with E-state index in [2.05, 4.69) is 12.1 Å². The van der Waals surface area contributed by atoms with Crippen LogP contribution in [0, 0.1) is 0 Å². The minimum absolute atomic E-state index is 0.0925. The van der Waals surface area contributed by atoms with Gasteiger partial charge in [0.05, 0.1) is 0 Å². The number of hydrogen-bond donors (Lipinski definition) is 2. The average Bonchev–Trinajstić information content (AvgIpc) is 3.10. The molecule has 0 radical (unpaired) electrons. The van der Waals surface area contributed by atoms with Gasteiger partial charge in [-0.05, 0) is 39.9 Å². The standard InChI is InChI=1S/C25H23NO5/c1-26(23(24(28)29)14-16-10-12-17(27)13-11-16)25(30)31-15-22-20-8-4-2-6-18(20)19-7-3-5-9-21(19)22/h2-13,22-23,27H,14-15H2,1H3,(H,28,29)/t23-/m0/s1. The number of phenolic OH excluding ortho intramolecular Hbond substituents is 1. The first-order chi connectivity index (χ1) is 15.0. The van der Waals surface area contributed by atoms with Gasteiger partial charge in [0.2, 0.25) is 0 Å². The van der Waals surface area contributed by atoms with E-state index in [0.717, 1.165) is 27.2 Å². The molecular weight excluding hydrogens is 394 g/mol. The summed E-state index contributed by atoms with van der Waals surface area (Å²) in [4.78, 5) is 25.6. The van der Waals surface area contributed by atoms with Crippen LogP contribution in [0.25, 0.3) is 11.1 Å². The lowest BCUT2D eigenvalue weighted by Crippen LogP contribution is -2.44. The molecule has 0 spiro atoms. The molecule has 3 aromatic rings. The predicted molar refractivity (Wildman–Crippen MR) is 116 cm³/mol. The lowest BCUT2D eigenvalue weighted by molar-refractivity contribution is -0.142. The van der Waals surface area contributed by atoms with Crippen molar-refractivity contribution in [1.29, 1.82) is 0 Å². The van der Waals surface area contributed by atoms with Crippen LogP contribution in [-0.4, -0.2) is 46.9 Å². The number of aromatic hydroxyl groups is 1. The highest BCUT2D eigenvalue weighted by Gasteiger charge is 2.32. The summed E-state index contributed by atoms with van der Waals surface area (Å²) < 4.78 is 5.57. The summed E-state index contributed by atoms with van der Waals surface area (Å²) in [5.74, 6) is -1.12. The van der Waals surface area contributed by atoms with Crippen molar-refractivity contribution in [2.45, 2.75) is 18.4 Å². The summed E-state index contributed by atoms with van der Waals surface area (Å²) >= 11 is 0. The number of nitrogens with zero attached hydrogens (tertiary/aromatic N) is 1. The maximum absolute atomic E-state index is 12.7. The van der Waals surface area contributed by atoms with Crippen molar-refractivity contribution in [2.75, 3.05) is 13.7 Å². The van der Waals surface area contributed by atoms with Crippen LogP contribution in [0.4, 0.5) is 4.79 Å². The Hall–Kier alpha value is -3.80. The summed E-state index contributed by atoms with van der Waals surface area (Å²) in [6.07, 6.45) is -0.580. The number of fused-ring (bicyclic) bond motifs is 3. The van der Waals surface area contributed by atoms with Gasteiger partial charge < -0.3 is 14.9 Å². The molecule has 1 aliphatic rings. The Morgan fingerprint density at radius 2 is 1.48 bits per heavy atom. The molecule has 31 heavy (non-hydrogen) atoms. The summed E-state index contributed by atoms with van der Waals surface area (Å²) in [5.41, 5.74) is 5.14. The molecule has 0 saturated heterocycles. The Morgan fingerprint density at radius 3 is 2.03 bits per heavy atom. The molecular formula is C25H23NO5. The van der Waals surface area contributed by atoms with E-state index in [-0.39, 0.29) is 24.7 Å². The van der Waals surface area contributed by atoms with Crippen LogP contribution in [-0.2, 0) is 16.0 Å². The molecule has 6 heteroatoms. The van der Waals surface area contributed by atoms with Crippen LogP contribution in [0.3, 0.4) is 0 Å². The van der Waals surface area contributed by atoms with Gasteiger partial charge in [-0.3, -0.25) is 4.90 Å². The molecule has 1 atom stereocenters. The van der Waals surface area contributed by atoms with Crippen molar-refractivity contribution in [3.05, 3.63) is 89.5 Å². The summed E-state index contributed by atoms with van der Waals surface area (Å²) in [7, 11) is 1.43. The topological polar surface area (TPSA) is 87.1 Å². The van der Waals surface area contributed by atoms with Crippen LogP contribution in [0.1, 0.15) is 22.6 Å². The number of phenols is 1. The molecule has 0 aromatic heterocycles. The minimum atomic E-state index is -1.12. The summed E-state index contributed by atoms with van der Waals surface area (Å²) in [6.45, 7) is 0.128. The fourth-order valence-electron chi connectivity index (χ4n) is 4.07. The first-order valence-electron chi connectivity index (χ1n) is 10.0. The zero-order valence-corrected chi connectivity index (χ0v) is 17.1. The highest BCUT2D eigenvalue weighted by atomic mass is 16.6. The fraction of sp³-hybridized carbons (Fsp3) is 0.200. The second kappa shape index (κ2) is 8.52. The number of rotatable bonds is 6. The molecule has 0 fully saturated rings. The van der Waals surface area contributed by atoms with Crippen molar-refractivity contribution in [1.82, 2.24) is 4.90 Å². The van der Waals surface area contributed by atoms with E-state index in [1.54, 1.807) is 12.1 Å². The minimum Gasteiger partial charge on any atom is -0.508 e. The zero-order chi connectivity index (χ0) is 22.0. The third-order valence-corrected chi connectivity index (χ3v) is 5.74. The van der Waals surface area contributed by atoms with Crippen molar-refractivity contribution in [2.24, 2.45) is 0 Å². The molecule has 0 bridgehead atoms. The Kier molecular flexibility index (Phi) is 5.62. The van der Waals surface area contributed by atoms with Gasteiger partial charge >= 0.3 is 12.1 Å². The van der Waals surface area contributed by atoms with Crippen molar-refractivity contribution >= 4 is 12.1 Å². The van der Waals surface area contributed by atoms with E-state index in [0.29, 0.717) is 5.56 Å². The van der Waals surface area contributed by atoms with Gasteiger partial charge in [-0.1, -0.05) is 60.7 Å². The smallest absolute Gasteiger partial charge is 0.410 e. The number of benzene rings is 3. The van der Waals surface area contributed by atoms with Crippen LogP contribution in [0.5, 0.6) is 5.75 Å². The maximum atomic E-state index is 12.7. The van der Waals surface area contributed by atoms with Gasteiger partial charge in [0.25, 0.3) is 0 Å². The molecule has 0 heterocycles. The average molecular weight is 417 g/mol. The predicted octanol–water partition coefficient (Wildman–Crippen LogP) is 4.27. The molecule has 1 amide bonds. The number of ether oxygens (including phenoxy) is 1. The number of aliphatic carboxylic acids is 1. The van der Waals surface area contributed by atoms with Crippen LogP contribution in [0.15, 0.2) is 72.8 Å². The van der Waals surface area contributed by atoms with E-state index in [9.17, 15) is 19.8 Å². The highest BCUT2D eigenvalue weighted by Crippen LogP contribution is 2.44. The molecule has 4 rings (SSSR count). The monoisotopic (exact) mass is 417 g/mol. The Bertz CT molecular complexity index is 1060. The summed E-state index contributed by atoms with van der Waals surface area (Å²) in [5, 5.41) is 19.1. The van der Waals surface area contributed by atoms with Gasteiger partial charge in [0.15, 0.2) is 0 Å². The number of carbonyl (C=O) groups excluding carboxylic acids is 1. The highest BCUT2D eigenvalue weighted by molar-refractivity contribution is 5.81. The number of carboxylic acid groups (broad SMARTS) is 1. The van der Waals surface area contributed by atoms with Crippen molar-refractivity contribution in [3.63, 3.8) is 0 Å². The van der Waals surface area contributed by atoms with Gasteiger partial charge in [-0.15, -0.1) is 0 Å². The first-order valence-corrected chi connectivity index (χ1v) is 10.0. The number of likely N-dealkylation sites (N-methyl/N-ethyl adjacent to an activating group) is 1. The van der Waals surface area contributed by atoms with Crippen molar-refractivity contribution < 1.29 is 24.5 Å². The van der Waals surface area contributed by atoms with Gasteiger partial charge in [-0.25, -0.2) is 9.59 Å². The van der Waals surface area contributed by atoms with E-state index in [1.807, 2.05) is 36.4 Å². The molecule has 2 N–H and O–H groups in total. The molecule has 6 nitrogen and oxygen atoms in total. The zero-order valence-electron chi connectivity index (χ0n) is 17.1. The lowest BCUT2D eigenvalue weighted by atomic mass is 9.98. The number of carboxylic acids is 1. The molecule has 0 aliphatic heterocycles. The Morgan fingerprint density at radius 1 is 0.935 bits per heavy atom. The van der Waals surface area contributed by atoms with Crippen molar-refractivity contribution in [3.8, 4) is 16.9 Å². The quantitative estimate of drug-likeness (QED) is 0.626. The lowest BCUT2D eigenvalue weighted by Gasteiger charge is -2.25. The second-order valence-corrected chi connectivity index (χ2v) is 7.64. The Balaban J connectivity index is 1.47. The van der Waals surface area contributed by atoms with E-state index >= 15 is 0 Å². The first kappa shape index (κ1) is 20.5. The van der Waals surface area contributed by atoms with E-state index < -0.39 is 18.1 Å². The maximum Gasteiger partial charge on any atom is 0.410 e. The van der Waals surface area contributed by atoms with Crippen LogP contribution in [0.2, 0.25) is 0 Å². The number of amides is 1. The molecule has 0 saturated carbocycles. The fourth-order valence-corrected chi connectivity index (χ4v) is 4.07. The van der Waals surface area contributed by atoms with Crippen LogP contribution < -0.4 is 0 Å². The largest absolute Gasteiger partial charge is 0.508 e. The van der Waals surface area contributed by atoms with Gasteiger partial charge in [-0.2, -0.15) is 0 Å². The summed E-state index contributed by atoms with van der Waals surface area (Å²) in [6, 6.07) is 21.2. The molecule has 158 valence electrons. The third-order valence-electron chi connectivity index (χ3n) is 5.74. The van der Waals surface area contributed by atoms with Gasteiger partial charge in [0, 0.05) is 19.4 Å². The molecule has 3 aromatic carbocycles. The van der Waals surface area contributed by atoms with Gasteiger partial charge in [0.1, 0.15) is 18.4 Å². The number of hydrogen-bond acceptors (Lipinski definition) is 4. The van der Waals surface area contributed by atoms with Crippen LogP contribution >= 0.6 is 0 Å². The molecule has 1 aliphatic carbocycles. The number of carbonyl (C=O) groups is 2.